The van der Waals surface area contributed by atoms with Crippen LogP contribution < -0.4 is 9.64 Å². The number of anilines is 1. The molecule has 0 radical (unpaired) electrons. The zero-order chi connectivity index (χ0) is 13.3. The summed E-state index contributed by atoms with van der Waals surface area (Å²) < 4.78 is 31.6. The zero-order valence-corrected chi connectivity index (χ0v) is 10.9. The van der Waals surface area contributed by atoms with Gasteiger partial charge in [-0.25, -0.2) is 8.78 Å². The van der Waals surface area contributed by atoms with Crippen molar-refractivity contribution >= 4 is 17.4 Å². The normalized spacial score (nSPS) is 18.4. The van der Waals surface area contributed by atoms with Gasteiger partial charge in [-0.2, -0.15) is 9.97 Å². The van der Waals surface area contributed by atoms with E-state index in [1.54, 1.807) is 0 Å². The summed E-state index contributed by atoms with van der Waals surface area (Å²) in [4.78, 5) is 9.48. The van der Waals surface area contributed by atoms with Gasteiger partial charge in [0.15, 0.2) is 0 Å². The Morgan fingerprint density at radius 2 is 2.17 bits per heavy atom. The molecule has 0 atom stereocenters. The van der Waals surface area contributed by atoms with Gasteiger partial charge < -0.3 is 9.64 Å². The lowest BCUT2D eigenvalue weighted by molar-refractivity contribution is 0.0256. The third-order valence-corrected chi connectivity index (χ3v) is 2.69. The number of rotatable bonds is 3. The molecule has 0 aliphatic carbocycles. The summed E-state index contributed by atoms with van der Waals surface area (Å²) in [7, 11) is 0. The molecule has 7 heteroatoms. The van der Waals surface area contributed by atoms with E-state index in [4.69, 9.17) is 16.3 Å². The van der Waals surface area contributed by atoms with Gasteiger partial charge in [0, 0.05) is 19.0 Å². The van der Waals surface area contributed by atoms with Crippen molar-refractivity contribution in [3.63, 3.8) is 0 Å². The molecule has 0 bridgehead atoms. The van der Waals surface area contributed by atoms with Crippen molar-refractivity contribution in [2.45, 2.75) is 32.3 Å². The topological polar surface area (TPSA) is 38.2 Å². The van der Waals surface area contributed by atoms with Crippen LogP contribution in [0.4, 0.5) is 14.6 Å². The quantitative estimate of drug-likeness (QED) is 0.797. The molecule has 2 rings (SSSR count). The monoisotopic (exact) mass is 277 g/mol. The lowest BCUT2D eigenvalue weighted by Gasteiger charge is -2.18. The third kappa shape index (κ3) is 3.19. The fourth-order valence-corrected chi connectivity index (χ4v) is 1.91. The zero-order valence-electron chi connectivity index (χ0n) is 10.2. The number of alkyl halides is 2. The van der Waals surface area contributed by atoms with Gasteiger partial charge in [0.2, 0.25) is 0 Å². The second-order valence-electron chi connectivity index (χ2n) is 4.53. The molecule has 2 heterocycles. The minimum atomic E-state index is -2.67. The summed E-state index contributed by atoms with van der Waals surface area (Å²) in [5.41, 5.74) is 0. The van der Waals surface area contributed by atoms with Gasteiger partial charge in [-0.1, -0.05) is 11.6 Å². The van der Waals surface area contributed by atoms with Gasteiger partial charge in [-0.15, -0.1) is 0 Å². The molecule has 18 heavy (non-hydrogen) atoms. The van der Waals surface area contributed by atoms with Gasteiger partial charge in [0.1, 0.15) is 11.0 Å². The summed E-state index contributed by atoms with van der Waals surface area (Å²) in [6, 6.07) is 1.58. The Bertz CT molecular complexity index is 442. The van der Waals surface area contributed by atoms with Gasteiger partial charge >= 0.3 is 6.01 Å². The third-order valence-electron chi connectivity index (χ3n) is 2.50. The lowest BCUT2D eigenvalue weighted by Crippen LogP contribution is -2.26. The molecule has 1 fully saturated rings. The van der Waals surface area contributed by atoms with Crippen molar-refractivity contribution in [2.75, 3.05) is 18.0 Å². The largest absolute Gasteiger partial charge is 0.461 e. The molecule has 100 valence electrons. The summed E-state index contributed by atoms with van der Waals surface area (Å²) in [5, 5.41) is 0.186. The molecule has 0 saturated carbocycles. The molecule has 1 aromatic rings. The first-order valence-corrected chi connectivity index (χ1v) is 6.07. The van der Waals surface area contributed by atoms with Crippen LogP contribution in [0, 0.1) is 0 Å². The molecule has 0 spiro atoms. The van der Waals surface area contributed by atoms with Crippen molar-refractivity contribution in [1.29, 1.82) is 0 Å². The Hall–Kier alpha value is -1.17. The van der Waals surface area contributed by atoms with Crippen LogP contribution in [0.5, 0.6) is 6.01 Å². The maximum absolute atomic E-state index is 13.1. The van der Waals surface area contributed by atoms with E-state index in [-0.39, 0.29) is 36.8 Å². The van der Waals surface area contributed by atoms with Crippen molar-refractivity contribution in [3.05, 3.63) is 11.2 Å². The Labute approximate surface area is 109 Å². The van der Waals surface area contributed by atoms with Gasteiger partial charge in [-0.3, -0.25) is 0 Å². The van der Waals surface area contributed by atoms with Crippen LogP contribution in [0.3, 0.4) is 0 Å². The lowest BCUT2D eigenvalue weighted by atomic mass is 10.3. The molecule has 0 unspecified atom stereocenters. The van der Waals surface area contributed by atoms with Crippen LogP contribution >= 0.6 is 11.6 Å². The minimum absolute atomic E-state index is 0.101. The predicted molar refractivity (Wildman–Crippen MR) is 64.6 cm³/mol. The van der Waals surface area contributed by atoms with Crippen LogP contribution in [0.15, 0.2) is 6.07 Å². The Kier molecular flexibility index (Phi) is 3.56. The number of hydrogen-bond acceptors (Lipinski definition) is 4. The fourth-order valence-electron chi connectivity index (χ4n) is 1.74. The van der Waals surface area contributed by atoms with E-state index >= 15 is 0 Å². The van der Waals surface area contributed by atoms with E-state index in [9.17, 15) is 8.78 Å². The number of ether oxygens (including phenoxy) is 1. The highest BCUT2D eigenvalue weighted by atomic mass is 35.5. The standard InChI is InChI=1S/C11H14ClF2N3O/c1-7(2)18-10-15-8(12)5-9(16-10)17-4-3-11(13,14)6-17/h5,7H,3-4,6H2,1-2H3. The molecule has 1 aromatic heterocycles. The van der Waals surface area contributed by atoms with Crippen LogP contribution in [0.2, 0.25) is 5.15 Å². The van der Waals surface area contributed by atoms with E-state index in [0.29, 0.717) is 5.82 Å². The van der Waals surface area contributed by atoms with Crippen molar-refractivity contribution < 1.29 is 13.5 Å². The Morgan fingerprint density at radius 3 is 2.72 bits per heavy atom. The highest BCUT2D eigenvalue weighted by Gasteiger charge is 2.39. The number of hydrogen-bond donors (Lipinski definition) is 0. The maximum atomic E-state index is 13.1. The first kappa shape index (κ1) is 13.3. The first-order valence-electron chi connectivity index (χ1n) is 5.70. The van der Waals surface area contributed by atoms with E-state index in [1.165, 1.54) is 11.0 Å². The Balaban J connectivity index is 2.20. The highest BCUT2D eigenvalue weighted by Crippen LogP contribution is 2.31. The molecule has 4 nitrogen and oxygen atoms in total. The highest BCUT2D eigenvalue weighted by molar-refractivity contribution is 6.29. The second-order valence-corrected chi connectivity index (χ2v) is 4.91. The van der Waals surface area contributed by atoms with Crippen LogP contribution in [0.25, 0.3) is 0 Å². The van der Waals surface area contributed by atoms with Crippen molar-refractivity contribution in [2.24, 2.45) is 0 Å². The molecular weight excluding hydrogens is 264 g/mol. The average Bonchev–Trinajstić information content (AvgIpc) is 2.57. The molecule has 1 saturated heterocycles. The first-order chi connectivity index (χ1) is 8.35. The second kappa shape index (κ2) is 4.84. The van der Waals surface area contributed by atoms with E-state index in [1.807, 2.05) is 13.8 Å². The maximum Gasteiger partial charge on any atom is 0.320 e. The summed E-state index contributed by atoms with van der Waals surface area (Å²) >= 11 is 5.84. The summed E-state index contributed by atoms with van der Waals surface area (Å²) in [5.74, 6) is -2.29. The molecule has 0 N–H and O–H groups in total. The van der Waals surface area contributed by atoms with Gasteiger partial charge in [0.25, 0.3) is 5.92 Å². The number of aromatic nitrogens is 2. The van der Waals surface area contributed by atoms with Gasteiger partial charge in [-0.05, 0) is 13.8 Å². The van der Waals surface area contributed by atoms with Gasteiger partial charge in [0.05, 0.1) is 12.6 Å². The molecule has 1 aliphatic rings. The summed E-state index contributed by atoms with van der Waals surface area (Å²) in [6.45, 7) is 3.56. The van der Waals surface area contributed by atoms with Crippen molar-refractivity contribution in [3.8, 4) is 6.01 Å². The smallest absolute Gasteiger partial charge is 0.320 e. The predicted octanol–water partition coefficient (Wildman–Crippen LogP) is 2.76. The summed E-state index contributed by atoms with van der Waals surface area (Å²) in [6.07, 6.45) is -0.272. The van der Waals surface area contributed by atoms with E-state index in [2.05, 4.69) is 9.97 Å². The molecule has 0 amide bonds. The number of nitrogens with zero attached hydrogens (tertiary/aromatic N) is 3. The molecule has 1 aliphatic heterocycles. The number of halogens is 3. The minimum Gasteiger partial charge on any atom is -0.461 e. The van der Waals surface area contributed by atoms with Crippen LogP contribution in [-0.4, -0.2) is 35.1 Å². The molecular formula is C11H14ClF2N3O. The van der Waals surface area contributed by atoms with E-state index < -0.39 is 5.92 Å². The van der Waals surface area contributed by atoms with Crippen LogP contribution in [0.1, 0.15) is 20.3 Å². The Morgan fingerprint density at radius 1 is 1.44 bits per heavy atom. The average molecular weight is 278 g/mol. The fraction of sp³-hybridized carbons (Fsp3) is 0.636. The molecule has 0 aromatic carbocycles. The van der Waals surface area contributed by atoms with E-state index in [0.717, 1.165) is 0 Å². The van der Waals surface area contributed by atoms with Crippen molar-refractivity contribution in [1.82, 2.24) is 9.97 Å². The SMILES string of the molecule is CC(C)Oc1nc(Cl)cc(N2CCC(F)(F)C2)n1. The van der Waals surface area contributed by atoms with Crippen LogP contribution in [-0.2, 0) is 0 Å².